The van der Waals surface area contributed by atoms with Crippen molar-refractivity contribution in [2.75, 3.05) is 11.9 Å². The molecule has 9 heteroatoms. The number of anilines is 1. The Morgan fingerprint density at radius 2 is 1.77 bits per heavy atom. The molecule has 35 heavy (non-hydrogen) atoms. The van der Waals surface area contributed by atoms with Crippen LogP contribution in [0.1, 0.15) is 37.8 Å². The van der Waals surface area contributed by atoms with E-state index in [0.29, 0.717) is 28.6 Å². The Hall–Kier alpha value is -3.59. The number of rotatable bonds is 7. The summed E-state index contributed by atoms with van der Waals surface area (Å²) in [5, 5.41) is 2.80. The van der Waals surface area contributed by atoms with E-state index in [1.807, 2.05) is 25.1 Å². The van der Waals surface area contributed by atoms with E-state index in [2.05, 4.69) is 21.2 Å². The van der Waals surface area contributed by atoms with Gasteiger partial charge in [0.15, 0.2) is 0 Å². The minimum Gasteiger partial charge on any atom is -0.462 e. The largest absolute Gasteiger partial charge is 0.462 e. The number of carbonyl (C=O) groups is 3. The van der Waals surface area contributed by atoms with E-state index in [-0.39, 0.29) is 36.0 Å². The van der Waals surface area contributed by atoms with E-state index in [4.69, 9.17) is 19.9 Å². The molecule has 0 saturated carbocycles. The lowest BCUT2D eigenvalue weighted by atomic mass is 9.67. The number of hydrogen-bond acceptors (Lipinski definition) is 7. The zero-order valence-electron chi connectivity index (χ0n) is 19.4. The standard InChI is InChI=1S/C26H25BrN2O6/c1-3-8-19-20(23(30)33-4-2)26(17-13-16(27)11-12-18(17)29-25(26)32)21(22(28)35-19)24(31)34-14-15-9-6-5-7-10-15/h5-7,9-13H,3-4,8,14,28H2,1-2H3,(H,29,32)/t26-/m0/s1. The first kappa shape index (κ1) is 24.5. The first-order valence-corrected chi connectivity index (χ1v) is 12.0. The predicted molar refractivity (Wildman–Crippen MR) is 132 cm³/mol. The molecule has 8 nitrogen and oxygen atoms in total. The summed E-state index contributed by atoms with van der Waals surface area (Å²) in [7, 11) is 0. The molecule has 0 aromatic heterocycles. The summed E-state index contributed by atoms with van der Waals surface area (Å²) in [5.74, 6) is -2.35. The maximum absolute atomic E-state index is 13.8. The maximum Gasteiger partial charge on any atom is 0.341 e. The Labute approximate surface area is 211 Å². The van der Waals surface area contributed by atoms with Gasteiger partial charge in [0.2, 0.25) is 11.8 Å². The molecule has 1 spiro atoms. The van der Waals surface area contributed by atoms with Gasteiger partial charge in [-0.15, -0.1) is 0 Å². The number of hydrogen-bond donors (Lipinski definition) is 2. The van der Waals surface area contributed by atoms with Gasteiger partial charge in [0.25, 0.3) is 0 Å². The summed E-state index contributed by atoms with van der Waals surface area (Å²) < 4.78 is 17.4. The van der Waals surface area contributed by atoms with Crippen LogP contribution in [0, 0.1) is 0 Å². The topological polar surface area (TPSA) is 117 Å². The van der Waals surface area contributed by atoms with E-state index >= 15 is 0 Å². The summed E-state index contributed by atoms with van der Waals surface area (Å²) in [6, 6.07) is 14.2. The molecule has 4 rings (SSSR count). The Bertz CT molecular complexity index is 1250. The molecule has 0 bridgehead atoms. The number of carbonyl (C=O) groups excluding carboxylic acids is 3. The first-order valence-electron chi connectivity index (χ1n) is 11.3. The Morgan fingerprint density at radius 1 is 1.06 bits per heavy atom. The quantitative estimate of drug-likeness (QED) is 0.505. The van der Waals surface area contributed by atoms with Gasteiger partial charge >= 0.3 is 11.9 Å². The average Bonchev–Trinajstić information content (AvgIpc) is 3.10. The van der Waals surface area contributed by atoms with Gasteiger partial charge in [-0.05, 0) is 37.1 Å². The molecular formula is C26H25BrN2O6. The van der Waals surface area contributed by atoms with Crippen LogP contribution in [0.3, 0.4) is 0 Å². The first-order chi connectivity index (χ1) is 16.8. The molecule has 0 saturated heterocycles. The van der Waals surface area contributed by atoms with Crippen molar-refractivity contribution in [2.45, 2.75) is 38.7 Å². The molecular weight excluding hydrogens is 516 g/mol. The van der Waals surface area contributed by atoms with Crippen LogP contribution in [0.5, 0.6) is 0 Å². The van der Waals surface area contributed by atoms with E-state index in [1.54, 1.807) is 37.3 Å². The Morgan fingerprint density at radius 3 is 2.46 bits per heavy atom. The second-order valence-corrected chi connectivity index (χ2v) is 8.98. The van der Waals surface area contributed by atoms with Crippen LogP contribution in [0.25, 0.3) is 0 Å². The van der Waals surface area contributed by atoms with Gasteiger partial charge in [0.05, 0.1) is 6.61 Å². The molecule has 1 atom stereocenters. The lowest BCUT2D eigenvalue weighted by molar-refractivity contribution is -0.144. The highest BCUT2D eigenvalue weighted by molar-refractivity contribution is 9.10. The third-order valence-corrected chi connectivity index (χ3v) is 6.35. The fourth-order valence-electron chi connectivity index (χ4n) is 4.45. The Kier molecular flexibility index (Phi) is 6.98. The third-order valence-electron chi connectivity index (χ3n) is 5.86. The van der Waals surface area contributed by atoms with Gasteiger partial charge in [-0.2, -0.15) is 0 Å². The molecule has 182 valence electrons. The summed E-state index contributed by atoms with van der Waals surface area (Å²) in [4.78, 5) is 40.7. The molecule has 2 aliphatic heterocycles. The van der Waals surface area contributed by atoms with E-state index in [1.165, 1.54) is 0 Å². The van der Waals surface area contributed by atoms with Gasteiger partial charge in [-0.25, -0.2) is 9.59 Å². The summed E-state index contributed by atoms with van der Waals surface area (Å²) >= 11 is 3.44. The monoisotopic (exact) mass is 540 g/mol. The van der Waals surface area contributed by atoms with Crippen LogP contribution in [-0.4, -0.2) is 24.5 Å². The molecule has 1 amide bonds. The van der Waals surface area contributed by atoms with Gasteiger partial charge < -0.3 is 25.3 Å². The van der Waals surface area contributed by atoms with Gasteiger partial charge in [0, 0.05) is 22.1 Å². The minimum absolute atomic E-state index is 0.0558. The van der Waals surface area contributed by atoms with Crippen molar-refractivity contribution in [3.63, 3.8) is 0 Å². The highest BCUT2D eigenvalue weighted by Gasteiger charge is 2.62. The van der Waals surface area contributed by atoms with Crippen molar-refractivity contribution >= 4 is 39.5 Å². The zero-order chi connectivity index (χ0) is 25.2. The molecule has 2 heterocycles. The van der Waals surface area contributed by atoms with Crippen molar-refractivity contribution in [1.82, 2.24) is 0 Å². The highest BCUT2D eigenvalue weighted by atomic mass is 79.9. The smallest absolute Gasteiger partial charge is 0.341 e. The van der Waals surface area contributed by atoms with Gasteiger partial charge in [0.1, 0.15) is 28.9 Å². The fourth-order valence-corrected chi connectivity index (χ4v) is 4.81. The number of nitrogens with two attached hydrogens (primary N) is 1. The van der Waals surface area contributed by atoms with E-state index in [9.17, 15) is 14.4 Å². The SMILES string of the molecule is CCCC1=C(C(=O)OCC)[C@]2(C(=O)Nc3ccc(Br)cc32)C(C(=O)OCc2ccccc2)=C(N)O1. The van der Waals surface area contributed by atoms with Crippen molar-refractivity contribution < 1.29 is 28.6 Å². The van der Waals surface area contributed by atoms with Crippen LogP contribution in [-0.2, 0) is 40.6 Å². The summed E-state index contributed by atoms with van der Waals surface area (Å²) in [6.07, 6.45) is 0.905. The zero-order valence-corrected chi connectivity index (χ0v) is 20.9. The lowest BCUT2D eigenvalue weighted by Gasteiger charge is -2.36. The van der Waals surface area contributed by atoms with Crippen molar-refractivity contribution in [3.8, 4) is 0 Å². The second kappa shape index (κ2) is 9.95. The molecule has 0 fully saturated rings. The van der Waals surface area contributed by atoms with Crippen LogP contribution in [0.15, 0.2) is 75.8 Å². The number of halogens is 1. The molecule has 2 aromatic rings. The number of nitrogens with one attached hydrogen (secondary N) is 1. The highest BCUT2D eigenvalue weighted by Crippen LogP contribution is 2.53. The molecule has 2 aromatic carbocycles. The van der Waals surface area contributed by atoms with Crippen LogP contribution in [0.4, 0.5) is 5.69 Å². The lowest BCUT2D eigenvalue weighted by Crippen LogP contribution is -2.48. The van der Waals surface area contributed by atoms with Crippen LogP contribution >= 0.6 is 15.9 Å². The van der Waals surface area contributed by atoms with Crippen molar-refractivity contribution in [3.05, 3.63) is 86.9 Å². The molecule has 3 N–H and O–H groups in total. The summed E-state index contributed by atoms with van der Waals surface area (Å²) in [6.45, 7) is 3.57. The second-order valence-electron chi connectivity index (χ2n) is 8.07. The maximum atomic E-state index is 13.8. The van der Waals surface area contributed by atoms with Crippen molar-refractivity contribution in [1.29, 1.82) is 0 Å². The summed E-state index contributed by atoms with van der Waals surface area (Å²) in [5.41, 5.74) is 5.64. The van der Waals surface area contributed by atoms with E-state index < -0.39 is 23.3 Å². The molecule has 0 aliphatic carbocycles. The van der Waals surface area contributed by atoms with Crippen LogP contribution < -0.4 is 11.1 Å². The number of allylic oxidation sites excluding steroid dienone is 1. The van der Waals surface area contributed by atoms with Crippen molar-refractivity contribution in [2.24, 2.45) is 5.73 Å². The number of fused-ring (bicyclic) bond motifs is 2. The molecule has 0 radical (unpaired) electrons. The van der Waals surface area contributed by atoms with E-state index in [0.717, 1.165) is 5.56 Å². The predicted octanol–water partition coefficient (Wildman–Crippen LogP) is 4.20. The number of ether oxygens (including phenoxy) is 3. The number of amides is 1. The van der Waals surface area contributed by atoms with Gasteiger partial charge in [-0.3, -0.25) is 4.79 Å². The van der Waals surface area contributed by atoms with Crippen LogP contribution in [0.2, 0.25) is 0 Å². The number of benzene rings is 2. The third kappa shape index (κ3) is 4.20. The number of esters is 2. The fraction of sp³-hybridized carbons (Fsp3) is 0.269. The van der Waals surface area contributed by atoms with Gasteiger partial charge in [-0.1, -0.05) is 53.2 Å². The average molecular weight is 541 g/mol. The molecule has 2 aliphatic rings. The normalized spacial score (nSPS) is 18.8. The minimum atomic E-state index is -1.90. The Balaban J connectivity index is 1.93. The molecule has 0 unspecified atom stereocenters.